The molecule has 0 radical (unpaired) electrons. The van der Waals surface area contributed by atoms with Gasteiger partial charge in [0.2, 0.25) is 5.91 Å². The second kappa shape index (κ2) is 7.39. The maximum absolute atomic E-state index is 12.4. The van der Waals surface area contributed by atoms with E-state index in [1.165, 1.54) is 4.68 Å². The van der Waals surface area contributed by atoms with Crippen LogP contribution in [0.4, 0.5) is 0 Å². The van der Waals surface area contributed by atoms with E-state index in [-0.39, 0.29) is 36.0 Å². The predicted molar refractivity (Wildman–Crippen MR) is 101 cm³/mol. The van der Waals surface area contributed by atoms with Crippen LogP contribution in [-0.2, 0) is 11.3 Å². The van der Waals surface area contributed by atoms with Crippen molar-refractivity contribution in [1.29, 1.82) is 0 Å². The fraction of sp³-hybridized carbons (Fsp3) is 0.250. The van der Waals surface area contributed by atoms with Crippen LogP contribution in [0.1, 0.15) is 30.5 Å². The van der Waals surface area contributed by atoms with Crippen LogP contribution in [0.25, 0.3) is 10.8 Å². The molecule has 0 aliphatic carbocycles. The molecular formula is C20H21N3O3. The van der Waals surface area contributed by atoms with E-state index in [1.54, 1.807) is 24.3 Å². The van der Waals surface area contributed by atoms with Crippen molar-refractivity contribution in [2.45, 2.75) is 32.9 Å². The van der Waals surface area contributed by atoms with Gasteiger partial charge in [0.05, 0.1) is 23.4 Å². The number of nitrogens with one attached hydrogen (secondary N) is 2. The predicted octanol–water partition coefficient (Wildman–Crippen LogP) is 2.27. The number of aromatic nitrogens is 2. The molecule has 1 amide bonds. The molecule has 134 valence electrons. The van der Waals surface area contributed by atoms with Crippen molar-refractivity contribution < 1.29 is 4.79 Å². The number of rotatable bonds is 5. The molecule has 0 saturated heterocycles. The molecule has 26 heavy (non-hydrogen) atoms. The molecule has 2 N–H and O–H groups in total. The molecule has 3 rings (SSSR count). The van der Waals surface area contributed by atoms with E-state index < -0.39 is 0 Å². The molecule has 6 heteroatoms. The van der Waals surface area contributed by atoms with Crippen LogP contribution in [0.15, 0.2) is 58.1 Å². The summed E-state index contributed by atoms with van der Waals surface area (Å²) in [5.41, 5.74) is 1.52. The molecule has 0 fully saturated rings. The Morgan fingerprint density at radius 1 is 1.08 bits per heavy atom. The molecular weight excluding hydrogens is 330 g/mol. The Labute approximate surface area is 150 Å². The molecule has 2 aromatic carbocycles. The largest absolute Gasteiger partial charge is 0.350 e. The summed E-state index contributed by atoms with van der Waals surface area (Å²) in [6, 6.07) is 14.4. The van der Waals surface area contributed by atoms with Crippen LogP contribution in [0, 0.1) is 6.92 Å². The van der Waals surface area contributed by atoms with Crippen LogP contribution >= 0.6 is 0 Å². The van der Waals surface area contributed by atoms with Crippen LogP contribution < -0.4 is 16.4 Å². The van der Waals surface area contributed by atoms with E-state index in [2.05, 4.69) is 10.4 Å². The summed E-state index contributed by atoms with van der Waals surface area (Å²) in [6.07, 6.45) is 0.102. The van der Waals surface area contributed by atoms with Crippen molar-refractivity contribution in [2.75, 3.05) is 0 Å². The van der Waals surface area contributed by atoms with Crippen molar-refractivity contribution in [3.05, 3.63) is 80.4 Å². The van der Waals surface area contributed by atoms with Gasteiger partial charge in [-0.3, -0.25) is 19.5 Å². The summed E-state index contributed by atoms with van der Waals surface area (Å²) in [5.74, 6) is -0.179. The lowest BCUT2D eigenvalue weighted by Crippen LogP contribution is -2.33. The minimum atomic E-state index is -0.339. The monoisotopic (exact) mass is 351 g/mol. The van der Waals surface area contributed by atoms with Crippen LogP contribution in [0.3, 0.4) is 0 Å². The number of nitrogens with zero attached hydrogens (tertiary/aromatic N) is 1. The first-order valence-corrected chi connectivity index (χ1v) is 8.54. The number of aryl methyl sites for hydroxylation is 2. The summed E-state index contributed by atoms with van der Waals surface area (Å²) in [7, 11) is 0. The van der Waals surface area contributed by atoms with Crippen LogP contribution in [0.2, 0.25) is 0 Å². The summed E-state index contributed by atoms with van der Waals surface area (Å²) in [4.78, 5) is 36.8. The molecule has 0 bridgehead atoms. The van der Waals surface area contributed by atoms with Gasteiger partial charge in [-0.25, -0.2) is 4.68 Å². The lowest BCUT2D eigenvalue weighted by molar-refractivity contribution is -0.122. The Morgan fingerprint density at radius 3 is 2.46 bits per heavy atom. The Kier molecular flexibility index (Phi) is 5.02. The van der Waals surface area contributed by atoms with Gasteiger partial charge in [-0.1, -0.05) is 36.4 Å². The van der Waals surface area contributed by atoms with E-state index in [4.69, 9.17) is 0 Å². The maximum Gasteiger partial charge on any atom is 0.273 e. The summed E-state index contributed by atoms with van der Waals surface area (Å²) in [5, 5.41) is 6.17. The molecule has 1 atom stereocenters. The highest BCUT2D eigenvalue weighted by atomic mass is 16.2. The van der Waals surface area contributed by atoms with Gasteiger partial charge in [0, 0.05) is 6.42 Å². The maximum atomic E-state index is 12.4. The number of benzene rings is 2. The molecule has 0 spiro atoms. The first-order chi connectivity index (χ1) is 12.5. The number of hydrogen-bond acceptors (Lipinski definition) is 3. The zero-order valence-corrected chi connectivity index (χ0v) is 14.8. The highest BCUT2D eigenvalue weighted by molar-refractivity contribution is 5.80. The summed E-state index contributed by atoms with van der Waals surface area (Å²) >= 11 is 0. The highest BCUT2D eigenvalue weighted by Gasteiger charge is 2.12. The Balaban J connectivity index is 1.71. The van der Waals surface area contributed by atoms with Gasteiger partial charge in [0.1, 0.15) is 0 Å². The van der Waals surface area contributed by atoms with Crippen molar-refractivity contribution >= 4 is 16.7 Å². The number of hydrogen-bond donors (Lipinski definition) is 2. The SMILES string of the molecule is Cc1ccccc1C(C)NC(=O)CCn1[nH]c(=O)c2ccccc2c1=O. The average Bonchev–Trinajstić information content (AvgIpc) is 2.64. The van der Waals surface area contributed by atoms with E-state index in [1.807, 2.05) is 38.1 Å². The zero-order chi connectivity index (χ0) is 18.7. The summed E-state index contributed by atoms with van der Waals surface area (Å²) < 4.78 is 1.20. The smallest absolute Gasteiger partial charge is 0.273 e. The molecule has 1 heterocycles. The fourth-order valence-electron chi connectivity index (χ4n) is 3.08. The third-order valence-corrected chi connectivity index (χ3v) is 4.48. The third kappa shape index (κ3) is 3.59. The highest BCUT2D eigenvalue weighted by Crippen LogP contribution is 2.16. The van der Waals surface area contributed by atoms with Gasteiger partial charge in [-0.05, 0) is 37.1 Å². The van der Waals surface area contributed by atoms with Gasteiger partial charge in [0.15, 0.2) is 0 Å². The van der Waals surface area contributed by atoms with Gasteiger partial charge >= 0.3 is 0 Å². The zero-order valence-electron chi connectivity index (χ0n) is 14.8. The van der Waals surface area contributed by atoms with Crippen molar-refractivity contribution in [3.63, 3.8) is 0 Å². The van der Waals surface area contributed by atoms with Gasteiger partial charge in [-0.2, -0.15) is 0 Å². The molecule has 0 aliphatic rings. The van der Waals surface area contributed by atoms with E-state index in [0.29, 0.717) is 10.8 Å². The van der Waals surface area contributed by atoms with Gasteiger partial charge in [-0.15, -0.1) is 0 Å². The number of H-pyrrole nitrogens is 1. The first-order valence-electron chi connectivity index (χ1n) is 8.54. The summed E-state index contributed by atoms with van der Waals surface area (Å²) in [6.45, 7) is 4.03. The second-order valence-corrected chi connectivity index (χ2v) is 6.34. The average molecular weight is 351 g/mol. The van der Waals surface area contributed by atoms with Crippen LogP contribution in [-0.4, -0.2) is 15.7 Å². The van der Waals surface area contributed by atoms with E-state index >= 15 is 0 Å². The molecule has 1 aromatic heterocycles. The van der Waals surface area contributed by atoms with Crippen molar-refractivity contribution in [2.24, 2.45) is 0 Å². The van der Waals surface area contributed by atoms with Crippen molar-refractivity contribution in [3.8, 4) is 0 Å². The molecule has 0 aliphatic heterocycles. The lowest BCUT2D eigenvalue weighted by Gasteiger charge is -2.16. The topological polar surface area (TPSA) is 84.0 Å². The Bertz CT molecular complexity index is 1070. The number of aromatic amines is 1. The standard InChI is InChI=1S/C20H21N3O3/c1-13-7-3-4-8-15(13)14(2)21-18(24)11-12-23-20(26)17-10-6-5-9-16(17)19(25)22-23/h3-10,14H,11-12H2,1-2H3,(H,21,24)(H,22,25). The molecule has 1 unspecified atom stereocenters. The van der Waals surface area contributed by atoms with Gasteiger partial charge < -0.3 is 5.32 Å². The first kappa shape index (κ1) is 17.7. The van der Waals surface area contributed by atoms with Crippen LogP contribution in [0.5, 0.6) is 0 Å². The molecule has 0 saturated carbocycles. The number of carbonyl (C=O) groups excluding carboxylic acids is 1. The molecule has 3 aromatic rings. The van der Waals surface area contributed by atoms with E-state index in [0.717, 1.165) is 11.1 Å². The number of carbonyl (C=O) groups is 1. The van der Waals surface area contributed by atoms with E-state index in [9.17, 15) is 14.4 Å². The quantitative estimate of drug-likeness (QED) is 0.739. The third-order valence-electron chi connectivity index (χ3n) is 4.48. The second-order valence-electron chi connectivity index (χ2n) is 6.34. The normalized spacial score (nSPS) is 12.1. The lowest BCUT2D eigenvalue weighted by atomic mass is 10.0. The molecule has 6 nitrogen and oxygen atoms in total. The minimum Gasteiger partial charge on any atom is -0.350 e. The minimum absolute atomic E-state index is 0.102. The number of fused-ring (bicyclic) bond motifs is 1. The number of amides is 1. The Morgan fingerprint density at radius 2 is 1.73 bits per heavy atom. The van der Waals surface area contributed by atoms with Crippen molar-refractivity contribution in [1.82, 2.24) is 15.1 Å². The fourth-order valence-corrected chi connectivity index (χ4v) is 3.08. The van der Waals surface area contributed by atoms with Gasteiger partial charge in [0.25, 0.3) is 11.1 Å². The Hall–Kier alpha value is -3.15.